The van der Waals surface area contributed by atoms with E-state index in [-0.39, 0.29) is 47.9 Å². The molecule has 114 valence electrons. The number of carboxylic acids is 1. The van der Waals surface area contributed by atoms with E-state index >= 15 is 0 Å². The van der Waals surface area contributed by atoms with Crippen LogP contribution in [0, 0.1) is 5.92 Å². The molecule has 21 heavy (non-hydrogen) atoms. The molecule has 1 fully saturated rings. The second-order valence-electron chi connectivity index (χ2n) is 5.06. The van der Waals surface area contributed by atoms with Crippen LogP contribution < -0.4 is 29.6 Å². The number of hydrogen-bond acceptors (Lipinski definition) is 2. The zero-order valence-corrected chi connectivity index (χ0v) is 14.6. The van der Waals surface area contributed by atoms with Gasteiger partial charge in [-0.2, -0.15) is 0 Å². The maximum atomic E-state index is 11.6. The Balaban J connectivity index is -0.000000902. The van der Waals surface area contributed by atoms with Gasteiger partial charge in [0, 0.05) is 12.3 Å². The standard InChI is InChI=1S/C15H18O3.Na.2H2O.H/c1-10(15(17)18)12-7-5-11(6-8-12)9-13-3-2-4-14(13)16;;;;/h5-8,10,13H,2-4,9H2,1H3,(H,17,18);;2*1H2;/q;+1;;;-1. The van der Waals surface area contributed by atoms with E-state index in [4.69, 9.17) is 5.11 Å². The summed E-state index contributed by atoms with van der Waals surface area (Å²) in [5.41, 5.74) is 1.93. The van der Waals surface area contributed by atoms with Gasteiger partial charge in [0.25, 0.3) is 0 Å². The van der Waals surface area contributed by atoms with Gasteiger partial charge in [0.2, 0.25) is 0 Å². The molecule has 0 spiro atoms. The predicted octanol–water partition coefficient (Wildman–Crippen LogP) is -1.75. The Hall–Kier alpha value is -0.720. The fourth-order valence-electron chi connectivity index (χ4n) is 2.47. The summed E-state index contributed by atoms with van der Waals surface area (Å²) in [5, 5.41) is 8.92. The van der Waals surface area contributed by atoms with Crippen LogP contribution in [0.3, 0.4) is 0 Å². The predicted molar refractivity (Wildman–Crippen MR) is 76.9 cm³/mol. The summed E-state index contributed by atoms with van der Waals surface area (Å²) in [5.74, 6) is -0.744. The summed E-state index contributed by atoms with van der Waals surface area (Å²) in [4.78, 5) is 22.4. The second kappa shape index (κ2) is 10.1. The minimum Gasteiger partial charge on any atom is -1.00 e. The van der Waals surface area contributed by atoms with Gasteiger partial charge in [0.05, 0.1) is 5.92 Å². The molecule has 1 aliphatic rings. The van der Waals surface area contributed by atoms with Crippen LogP contribution in [0.25, 0.3) is 0 Å². The summed E-state index contributed by atoms with van der Waals surface area (Å²) >= 11 is 0. The molecule has 1 aromatic carbocycles. The molecule has 0 aromatic heterocycles. The minimum absolute atomic E-state index is 0. The van der Waals surface area contributed by atoms with E-state index in [0.29, 0.717) is 5.78 Å². The van der Waals surface area contributed by atoms with Crippen LogP contribution in [0.5, 0.6) is 0 Å². The number of carbonyl (C=O) groups excluding carboxylic acids is 1. The van der Waals surface area contributed by atoms with Crippen molar-refractivity contribution in [3.05, 3.63) is 35.4 Å². The van der Waals surface area contributed by atoms with E-state index in [1.165, 1.54) is 0 Å². The Bertz CT molecular complexity index is 464. The quantitative estimate of drug-likeness (QED) is 0.665. The van der Waals surface area contributed by atoms with Crippen LogP contribution in [-0.4, -0.2) is 27.8 Å². The van der Waals surface area contributed by atoms with Gasteiger partial charge in [-0.15, -0.1) is 0 Å². The summed E-state index contributed by atoms with van der Waals surface area (Å²) in [6.45, 7) is 1.68. The van der Waals surface area contributed by atoms with E-state index < -0.39 is 11.9 Å². The maximum Gasteiger partial charge on any atom is 1.00 e. The zero-order chi connectivity index (χ0) is 13.1. The number of hydrogen-bond donors (Lipinski definition) is 1. The molecule has 0 heterocycles. The maximum absolute atomic E-state index is 11.6. The molecule has 5 nitrogen and oxygen atoms in total. The van der Waals surface area contributed by atoms with Crippen molar-refractivity contribution in [1.82, 2.24) is 0 Å². The molecule has 6 heteroatoms. The second-order valence-corrected chi connectivity index (χ2v) is 5.06. The molecular formula is C15H23NaO5. The fraction of sp³-hybridized carbons (Fsp3) is 0.467. The largest absolute Gasteiger partial charge is 1.00 e. The summed E-state index contributed by atoms with van der Waals surface area (Å²) in [7, 11) is 0. The van der Waals surface area contributed by atoms with Gasteiger partial charge in [-0.05, 0) is 37.3 Å². The third-order valence-electron chi connectivity index (χ3n) is 3.76. The van der Waals surface area contributed by atoms with Crippen molar-refractivity contribution in [1.29, 1.82) is 0 Å². The van der Waals surface area contributed by atoms with Gasteiger partial charge in [-0.3, -0.25) is 9.59 Å². The van der Waals surface area contributed by atoms with E-state index in [1.54, 1.807) is 6.92 Å². The van der Waals surface area contributed by atoms with Gasteiger partial charge in [0.1, 0.15) is 5.78 Å². The molecule has 0 saturated heterocycles. The number of ketones is 1. The minimum atomic E-state index is -0.811. The topological polar surface area (TPSA) is 117 Å². The SMILES string of the molecule is CC(C(=O)O)c1ccc(CC2CCCC2=O)cc1.O.O.[H-].[Na+]. The number of benzene rings is 1. The third-order valence-corrected chi connectivity index (χ3v) is 3.76. The van der Waals surface area contributed by atoms with Gasteiger partial charge >= 0.3 is 35.5 Å². The first-order chi connectivity index (χ1) is 8.58. The Labute approximate surface area is 148 Å². The van der Waals surface area contributed by atoms with Crippen LogP contribution in [0.1, 0.15) is 44.7 Å². The number of carbonyl (C=O) groups is 2. The van der Waals surface area contributed by atoms with Gasteiger partial charge in [0.15, 0.2) is 0 Å². The van der Waals surface area contributed by atoms with Gasteiger partial charge in [-0.25, -0.2) is 0 Å². The van der Waals surface area contributed by atoms with Crippen LogP contribution in [0.2, 0.25) is 0 Å². The monoisotopic (exact) mass is 306 g/mol. The number of Topliss-reactive ketones (excluding diaryl/α,β-unsaturated/α-hetero) is 1. The van der Waals surface area contributed by atoms with Crippen molar-refractivity contribution in [3.8, 4) is 0 Å². The van der Waals surface area contributed by atoms with Crippen LogP contribution >= 0.6 is 0 Å². The summed E-state index contributed by atoms with van der Waals surface area (Å²) < 4.78 is 0. The molecule has 1 saturated carbocycles. The van der Waals surface area contributed by atoms with Crippen LogP contribution in [0.4, 0.5) is 0 Å². The first-order valence-electron chi connectivity index (χ1n) is 6.42. The molecule has 0 aliphatic heterocycles. The molecule has 5 N–H and O–H groups in total. The van der Waals surface area contributed by atoms with Crippen molar-refractivity contribution >= 4 is 11.8 Å². The van der Waals surface area contributed by atoms with E-state index in [2.05, 4.69) is 0 Å². The Kier molecular flexibility index (Phi) is 10.8. The Morgan fingerprint density at radius 1 is 1.33 bits per heavy atom. The van der Waals surface area contributed by atoms with Crippen LogP contribution in [0.15, 0.2) is 24.3 Å². The summed E-state index contributed by atoms with van der Waals surface area (Å²) in [6.07, 6.45) is 3.52. The Morgan fingerprint density at radius 2 is 1.90 bits per heavy atom. The van der Waals surface area contributed by atoms with Crippen molar-refractivity contribution in [2.75, 3.05) is 0 Å². The molecule has 0 bridgehead atoms. The summed E-state index contributed by atoms with van der Waals surface area (Å²) in [6, 6.07) is 7.60. The fourth-order valence-corrected chi connectivity index (χ4v) is 2.47. The average molecular weight is 306 g/mol. The third kappa shape index (κ3) is 5.88. The number of aliphatic carboxylic acids is 1. The molecule has 0 amide bonds. The first-order valence-corrected chi connectivity index (χ1v) is 6.42. The van der Waals surface area contributed by atoms with Crippen molar-refractivity contribution in [2.24, 2.45) is 5.92 Å². The van der Waals surface area contributed by atoms with Crippen molar-refractivity contribution in [2.45, 2.75) is 38.5 Å². The molecule has 1 aliphatic carbocycles. The first kappa shape index (κ1) is 22.6. The average Bonchev–Trinajstić information content (AvgIpc) is 2.75. The molecule has 1 aromatic rings. The van der Waals surface area contributed by atoms with E-state index in [9.17, 15) is 9.59 Å². The van der Waals surface area contributed by atoms with Gasteiger partial charge in [-0.1, -0.05) is 24.3 Å². The van der Waals surface area contributed by atoms with Crippen molar-refractivity contribution in [3.63, 3.8) is 0 Å². The van der Waals surface area contributed by atoms with Gasteiger partial charge < -0.3 is 17.5 Å². The zero-order valence-electron chi connectivity index (χ0n) is 13.6. The smallest absolute Gasteiger partial charge is 1.00 e. The van der Waals surface area contributed by atoms with E-state index in [0.717, 1.165) is 36.8 Å². The molecule has 2 rings (SSSR count). The van der Waals surface area contributed by atoms with Crippen LogP contribution in [-0.2, 0) is 16.0 Å². The Morgan fingerprint density at radius 3 is 2.33 bits per heavy atom. The molecular weight excluding hydrogens is 283 g/mol. The van der Waals surface area contributed by atoms with E-state index in [1.807, 2.05) is 24.3 Å². The van der Waals surface area contributed by atoms with Crippen molar-refractivity contribution < 1.29 is 56.6 Å². The molecule has 0 radical (unpaired) electrons. The molecule has 2 unspecified atom stereocenters. The number of carboxylic acid groups (broad SMARTS) is 1. The normalized spacial score (nSPS) is 18.0. The number of rotatable bonds is 4. The molecule has 2 atom stereocenters.